The average molecular weight is 287 g/mol. The van der Waals surface area contributed by atoms with Gasteiger partial charge >= 0.3 is 0 Å². The number of rotatable bonds is 2. The van der Waals surface area contributed by atoms with Gasteiger partial charge in [0.1, 0.15) is 5.69 Å². The molecule has 5 heteroatoms. The fraction of sp³-hybridized carbons (Fsp3) is 0.467. The highest BCUT2D eigenvalue weighted by Gasteiger charge is 2.35. The molecule has 2 bridgehead atoms. The Bertz CT molecular complexity index is 645. The molecular weight excluding hydrogens is 270 g/mol. The van der Waals surface area contributed by atoms with Gasteiger partial charge in [-0.1, -0.05) is 18.2 Å². The van der Waals surface area contributed by atoms with E-state index >= 15 is 0 Å². The van der Waals surface area contributed by atoms with Gasteiger partial charge in [-0.3, -0.25) is 4.79 Å². The van der Waals surface area contributed by atoms with Crippen molar-refractivity contribution in [1.82, 2.24) is 14.6 Å². The Hall–Kier alpha value is -1.46. The van der Waals surface area contributed by atoms with Gasteiger partial charge in [-0.2, -0.15) is 4.37 Å². The van der Waals surface area contributed by atoms with Crippen LogP contribution in [0.3, 0.4) is 0 Å². The molecular formula is C15H17N3OS. The van der Waals surface area contributed by atoms with E-state index in [0.717, 1.165) is 16.6 Å². The quantitative estimate of drug-likeness (QED) is 0.920. The zero-order valence-electron chi connectivity index (χ0n) is 11.2. The third kappa shape index (κ3) is 2.01. The van der Waals surface area contributed by atoms with E-state index in [2.05, 4.69) is 14.6 Å². The molecule has 104 valence electrons. The fourth-order valence-corrected chi connectivity index (χ4v) is 4.19. The molecule has 0 aliphatic carbocycles. The van der Waals surface area contributed by atoms with Gasteiger partial charge in [0.2, 0.25) is 0 Å². The normalized spacial score (nSPS) is 28.7. The maximum atomic E-state index is 12.5. The van der Waals surface area contributed by atoms with Crippen LogP contribution in [-0.4, -0.2) is 40.9 Å². The maximum absolute atomic E-state index is 12.5. The summed E-state index contributed by atoms with van der Waals surface area (Å²) in [6.45, 7) is 3.38. The summed E-state index contributed by atoms with van der Waals surface area (Å²) in [4.78, 5) is 14.9. The molecule has 0 radical (unpaired) electrons. The van der Waals surface area contributed by atoms with Crippen molar-refractivity contribution < 1.29 is 4.79 Å². The molecule has 0 saturated carbocycles. The molecule has 1 atom stereocenters. The van der Waals surface area contributed by atoms with Crippen LogP contribution in [-0.2, 0) is 0 Å². The number of nitrogens with zero attached hydrogens (tertiary/aromatic N) is 2. The van der Waals surface area contributed by atoms with Crippen LogP contribution in [0.2, 0.25) is 0 Å². The molecule has 0 unspecified atom stereocenters. The smallest absolute Gasteiger partial charge is 0.271 e. The van der Waals surface area contributed by atoms with Crippen LogP contribution < -0.4 is 5.32 Å². The Balaban J connectivity index is 1.56. The SMILES string of the molecule is O=C(N[C@@H]1CN2CCC1CC2)c1nsc2ccccc12. The summed E-state index contributed by atoms with van der Waals surface area (Å²) in [5.74, 6) is 0.634. The van der Waals surface area contributed by atoms with E-state index in [9.17, 15) is 4.79 Å². The number of fused-ring (bicyclic) bond motifs is 4. The first-order valence-corrected chi connectivity index (χ1v) is 7.96. The largest absolute Gasteiger partial charge is 0.346 e. The van der Waals surface area contributed by atoms with Gasteiger partial charge in [-0.25, -0.2) is 0 Å². The van der Waals surface area contributed by atoms with Crippen molar-refractivity contribution in [2.45, 2.75) is 18.9 Å². The molecule has 3 fully saturated rings. The number of piperidine rings is 3. The molecule has 1 amide bonds. The molecule has 5 rings (SSSR count). The highest BCUT2D eigenvalue weighted by molar-refractivity contribution is 7.13. The van der Waals surface area contributed by atoms with Crippen LogP contribution in [0.5, 0.6) is 0 Å². The summed E-state index contributed by atoms with van der Waals surface area (Å²) < 4.78 is 5.41. The van der Waals surface area contributed by atoms with Gasteiger partial charge in [-0.05, 0) is 49.4 Å². The third-order valence-corrected chi connectivity index (χ3v) is 5.39. The van der Waals surface area contributed by atoms with E-state index in [1.807, 2.05) is 24.3 Å². The summed E-state index contributed by atoms with van der Waals surface area (Å²) in [7, 11) is 0. The number of benzene rings is 1. The molecule has 4 nitrogen and oxygen atoms in total. The van der Waals surface area contributed by atoms with Gasteiger partial charge in [-0.15, -0.1) is 0 Å². The molecule has 0 spiro atoms. The molecule has 3 aliphatic rings. The fourth-order valence-electron chi connectivity index (χ4n) is 3.41. The van der Waals surface area contributed by atoms with E-state index in [-0.39, 0.29) is 5.91 Å². The van der Waals surface area contributed by atoms with Crippen LogP contribution in [0.4, 0.5) is 0 Å². The van der Waals surface area contributed by atoms with Crippen molar-refractivity contribution in [3.63, 3.8) is 0 Å². The molecule has 3 saturated heterocycles. The Morgan fingerprint density at radius 2 is 2.10 bits per heavy atom. The van der Waals surface area contributed by atoms with Crippen molar-refractivity contribution in [2.24, 2.45) is 5.92 Å². The van der Waals surface area contributed by atoms with E-state index in [1.54, 1.807) is 0 Å². The molecule has 1 N–H and O–H groups in total. The first-order valence-electron chi connectivity index (χ1n) is 7.19. The molecule has 3 aliphatic heterocycles. The summed E-state index contributed by atoms with van der Waals surface area (Å²) in [5, 5.41) is 4.18. The lowest BCUT2D eigenvalue weighted by Gasteiger charge is -2.44. The lowest BCUT2D eigenvalue weighted by atomic mass is 9.84. The van der Waals surface area contributed by atoms with Crippen molar-refractivity contribution >= 4 is 27.5 Å². The van der Waals surface area contributed by atoms with Crippen LogP contribution in [0.1, 0.15) is 23.3 Å². The van der Waals surface area contributed by atoms with Crippen molar-refractivity contribution in [1.29, 1.82) is 0 Å². The second-order valence-corrected chi connectivity index (χ2v) is 6.55. The number of carbonyl (C=O) groups is 1. The number of amides is 1. The first-order chi connectivity index (χ1) is 9.81. The maximum Gasteiger partial charge on any atom is 0.271 e. The topological polar surface area (TPSA) is 45.2 Å². The summed E-state index contributed by atoms with van der Waals surface area (Å²) in [6, 6.07) is 8.23. The highest BCUT2D eigenvalue weighted by Crippen LogP contribution is 2.28. The second kappa shape index (κ2) is 4.82. The average Bonchev–Trinajstić information content (AvgIpc) is 2.92. The van der Waals surface area contributed by atoms with Crippen LogP contribution in [0, 0.1) is 5.92 Å². The van der Waals surface area contributed by atoms with Gasteiger partial charge in [0, 0.05) is 18.0 Å². The molecule has 2 aromatic rings. The Kier molecular flexibility index (Phi) is 2.97. The van der Waals surface area contributed by atoms with E-state index in [1.165, 1.54) is 37.5 Å². The van der Waals surface area contributed by atoms with E-state index in [0.29, 0.717) is 17.7 Å². The molecule has 1 aromatic carbocycles. The van der Waals surface area contributed by atoms with Crippen molar-refractivity contribution in [2.75, 3.05) is 19.6 Å². The monoisotopic (exact) mass is 287 g/mol. The number of nitrogens with one attached hydrogen (secondary N) is 1. The molecule has 4 heterocycles. The van der Waals surface area contributed by atoms with Crippen LogP contribution >= 0.6 is 11.5 Å². The van der Waals surface area contributed by atoms with Gasteiger partial charge < -0.3 is 10.2 Å². The minimum atomic E-state index is -0.0128. The lowest BCUT2D eigenvalue weighted by molar-refractivity contribution is 0.0619. The van der Waals surface area contributed by atoms with Crippen molar-refractivity contribution in [3.8, 4) is 0 Å². The van der Waals surface area contributed by atoms with Crippen LogP contribution in [0.15, 0.2) is 24.3 Å². The Morgan fingerprint density at radius 1 is 1.30 bits per heavy atom. The predicted molar refractivity (Wildman–Crippen MR) is 80.0 cm³/mol. The number of carbonyl (C=O) groups excluding carboxylic acids is 1. The summed E-state index contributed by atoms with van der Waals surface area (Å²) in [6.07, 6.45) is 2.42. The van der Waals surface area contributed by atoms with E-state index in [4.69, 9.17) is 0 Å². The lowest BCUT2D eigenvalue weighted by Crippen LogP contribution is -2.57. The zero-order chi connectivity index (χ0) is 13.5. The summed E-state index contributed by atoms with van der Waals surface area (Å²) >= 11 is 1.40. The zero-order valence-corrected chi connectivity index (χ0v) is 12.0. The second-order valence-electron chi connectivity index (χ2n) is 5.75. The predicted octanol–water partition coefficient (Wildman–Crippen LogP) is 2.12. The number of hydrogen-bond donors (Lipinski definition) is 1. The molecule has 1 aromatic heterocycles. The molecule has 20 heavy (non-hydrogen) atoms. The Morgan fingerprint density at radius 3 is 2.85 bits per heavy atom. The Labute approximate surface area is 121 Å². The highest BCUT2D eigenvalue weighted by atomic mass is 32.1. The van der Waals surface area contributed by atoms with Gasteiger partial charge in [0.15, 0.2) is 0 Å². The van der Waals surface area contributed by atoms with Gasteiger partial charge in [0.05, 0.1) is 4.70 Å². The third-order valence-electron chi connectivity index (χ3n) is 4.57. The standard InChI is InChI=1S/C15H17N3OS/c19-15(14-11-3-1-2-4-13(11)20-17-14)16-12-9-18-7-5-10(12)6-8-18/h1-4,10,12H,5-9H2,(H,16,19)/t12-/m1/s1. The van der Waals surface area contributed by atoms with Gasteiger partial charge in [0.25, 0.3) is 5.91 Å². The number of aromatic nitrogens is 1. The minimum Gasteiger partial charge on any atom is -0.346 e. The van der Waals surface area contributed by atoms with Crippen molar-refractivity contribution in [3.05, 3.63) is 30.0 Å². The van der Waals surface area contributed by atoms with Crippen LogP contribution in [0.25, 0.3) is 10.1 Å². The summed E-state index contributed by atoms with van der Waals surface area (Å²) in [5.41, 5.74) is 0.585. The minimum absolute atomic E-state index is 0.0128. The first kappa shape index (κ1) is 12.3. The van der Waals surface area contributed by atoms with E-state index < -0.39 is 0 Å². The number of hydrogen-bond acceptors (Lipinski definition) is 4.